The highest BCUT2D eigenvalue weighted by atomic mass is 16.2. The van der Waals surface area contributed by atoms with Crippen molar-refractivity contribution in [3.8, 4) is 0 Å². The van der Waals surface area contributed by atoms with Crippen molar-refractivity contribution >= 4 is 17.5 Å². The lowest BCUT2D eigenvalue weighted by Crippen LogP contribution is -2.34. The van der Waals surface area contributed by atoms with Crippen molar-refractivity contribution in [2.75, 3.05) is 5.32 Å². The van der Waals surface area contributed by atoms with E-state index in [2.05, 4.69) is 15.5 Å². The van der Waals surface area contributed by atoms with E-state index in [1.54, 1.807) is 33.9 Å². The first-order chi connectivity index (χ1) is 15.3. The lowest BCUT2D eigenvalue weighted by Gasteiger charge is -2.24. The Morgan fingerprint density at radius 3 is 2.06 bits per heavy atom. The van der Waals surface area contributed by atoms with Gasteiger partial charge in [-0.3, -0.25) is 19.0 Å². The molecule has 1 saturated carbocycles. The Morgan fingerprint density at radius 2 is 1.50 bits per heavy atom. The predicted octanol–water partition coefficient (Wildman–Crippen LogP) is 4.30. The molecule has 2 aromatic heterocycles. The molecular weight excluding hydrogens is 404 g/mol. The van der Waals surface area contributed by atoms with Gasteiger partial charge in [-0.15, -0.1) is 0 Å². The molecule has 0 radical (unpaired) electrons. The van der Waals surface area contributed by atoms with Gasteiger partial charge in [0.15, 0.2) is 0 Å². The van der Waals surface area contributed by atoms with Gasteiger partial charge in [0.25, 0.3) is 11.8 Å². The monoisotopic (exact) mass is 434 g/mol. The van der Waals surface area contributed by atoms with Gasteiger partial charge in [-0.1, -0.05) is 12.1 Å². The van der Waals surface area contributed by atoms with E-state index >= 15 is 0 Å². The van der Waals surface area contributed by atoms with Crippen molar-refractivity contribution in [1.82, 2.24) is 24.5 Å². The second-order valence-electron chi connectivity index (χ2n) is 8.82. The molecule has 1 aromatic carbocycles. The second kappa shape index (κ2) is 8.98. The zero-order valence-electron chi connectivity index (χ0n) is 19.0. The molecule has 2 heterocycles. The number of benzene rings is 1. The molecule has 0 aliphatic heterocycles. The maximum atomic E-state index is 13.2. The van der Waals surface area contributed by atoms with E-state index in [0.29, 0.717) is 23.6 Å². The Labute approximate surface area is 188 Å². The highest BCUT2D eigenvalue weighted by Crippen LogP contribution is 2.30. The van der Waals surface area contributed by atoms with Crippen LogP contribution < -0.4 is 5.32 Å². The first-order valence-corrected chi connectivity index (χ1v) is 11.1. The summed E-state index contributed by atoms with van der Waals surface area (Å²) in [5.41, 5.74) is 2.87. The molecule has 32 heavy (non-hydrogen) atoms. The van der Waals surface area contributed by atoms with Crippen LogP contribution in [0.2, 0.25) is 0 Å². The summed E-state index contributed by atoms with van der Waals surface area (Å²) in [4.78, 5) is 27.8. The molecule has 8 heteroatoms. The Balaban J connectivity index is 1.45. The SMILES string of the molecule is CC(C)n1nccc1C(=O)Nc1ccc(CN(C(=O)c2ccnn2C(C)C)C2CC2)cc1. The Morgan fingerprint density at radius 1 is 0.938 bits per heavy atom. The van der Waals surface area contributed by atoms with Crippen LogP contribution in [0.4, 0.5) is 5.69 Å². The predicted molar refractivity (Wildman–Crippen MR) is 123 cm³/mol. The van der Waals surface area contributed by atoms with E-state index in [1.165, 1.54) is 0 Å². The number of anilines is 1. The van der Waals surface area contributed by atoms with E-state index in [9.17, 15) is 9.59 Å². The molecule has 2 amide bonds. The number of nitrogens with zero attached hydrogens (tertiary/aromatic N) is 5. The van der Waals surface area contributed by atoms with Crippen molar-refractivity contribution in [3.63, 3.8) is 0 Å². The van der Waals surface area contributed by atoms with Gasteiger partial charge >= 0.3 is 0 Å². The molecule has 1 aliphatic rings. The van der Waals surface area contributed by atoms with Gasteiger partial charge in [-0.05, 0) is 70.4 Å². The number of amides is 2. The van der Waals surface area contributed by atoms with Crippen molar-refractivity contribution in [2.24, 2.45) is 0 Å². The minimum absolute atomic E-state index is 0.0121. The smallest absolute Gasteiger partial charge is 0.273 e. The van der Waals surface area contributed by atoms with Crippen LogP contribution in [0.15, 0.2) is 48.8 Å². The summed E-state index contributed by atoms with van der Waals surface area (Å²) in [5, 5.41) is 11.4. The maximum Gasteiger partial charge on any atom is 0.273 e. The van der Waals surface area contributed by atoms with Gasteiger partial charge in [0.2, 0.25) is 0 Å². The van der Waals surface area contributed by atoms with Gasteiger partial charge in [-0.2, -0.15) is 10.2 Å². The third-order valence-electron chi connectivity index (χ3n) is 5.58. The summed E-state index contributed by atoms with van der Waals surface area (Å²) in [6, 6.07) is 11.7. The van der Waals surface area contributed by atoms with Gasteiger partial charge in [0.1, 0.15) is 11.4 Å². The molecular formula is C24H30N6O2. The normalized spacial score (nSPS) is 13.6. The molecule has 1 N–H and O–H groups in total. The zero-order chi connectivity index (χ0) is 22.8. The average molecular weight is 435 g/mol. The fourth-order valence-corrected chi connectivity index (χ4v) is 3.79. The van der Waals surface area contributed by atoms with Crippen LogP contribution in [0.3, 0.4) is 0 Å². The molecule has 1 aliphatic carbocycles. The van der Waals surface area contributed by atoms with Gasteiger partial charge < -0.3 is 10.2 Å². The quantitative estimate of drug-likeness (QED) is 0.573. The molecule has 0 spiro atoms. The van der Waals surface area contributed by atoms with E-state index in [4.69, 9.17) is 0 Å². The molecule has 0 bridgehead atoms. The second-order valence-corrected chi connectivity index (χ2v) is 8.82. The topological polar surface area (TPSA) is 85.1 Å². The van der Waals surface area contributed by atoms with Crippen molar-refractivity contribution in [2.45, 2.75) is 65.2 Å². The summed E-state index contributed by atoms with van der Waals surface area (Å²) in [5.74, 6) is -0.182. The molecule has 168 valence electrons. The van der Waals surface area contributed by atoms with E-state index in [0.717, 1.165) is 18.4 Å². The van der Waals surface area contributed by atoms with Crippen LogP contribution >= 0.6 is 0 Å². The van der Waals surface area contributed by atoms with Crippen molar-refractivity contribution < 1.29 is 9.59 Å². The number of carbonyl (C=O) groups excluding carboxylic acids is 2. The highest BCUT2D eigenvalue weighted by Gasteiger charge is 2.34. The van der Waals surface area contributed by atoms with E-state index in [1.807, 2.05) is 56.9 Å². The lowest BCUT2D eigenvalue weighted by molar-refractivity contribution is 0.0715. The molecule has 1 fully saturated rings. The number of aromatic nitrogens is 4. The minimum atomic E-state index is -0.194. The summed E-state index contributed by atoms with van der Waals surface area (Å²) in [6.07, 6.45) is 5.37. The van der Waals surface area contributed by atoms with Gasteiger partial charge in [-0.25, -0.2) is 0 Å². The van der Waals surface area contributed by atoms with Crippen LogP contribution in [-0.2, 0) is 6.54 Å². The number of rotatable bonds is 8. The summed E-state index contributed by atoms with van der Waals surface area (Å²) in [7, 11) is 0. The van der Waals surface area contributed by atoms with E-state index < -0.39 is 0 Å². The van der Waals surface area contributed by atoms with Crippen LogP contribution in [-0.4, -0.2) is 42.3 Å². The Kier molecular flexibility index (Phi) is 6.12. The third-order valence-corrected chi connectivity index (χ3v) is 5.58. The van der Waals surface area contributed by atoms with Gasteiger partial charge in [0.05, 0.1) is 0 Å². The fourth-order valence-electron chi connectivity index (χ4n) is 3.79. The number of carbonyl (C=O) groups is 2. The largest absolute Gasteiger partial charge is 0.330 e. The van der Waals surface area contributed by atoms with E-state index in [-0.39, 0.29) is 29.9 Å². The molecule has 4 rings (SSSR count). The average Bonchev–Trinajstić information content (AvgIpc) is 3.27. The molecule has 3 aromatic rings. The highest BCUT2D eigenvalue weighted by molar-refractivity contribution is 6.03. The fraction of sp³-hybridized carbons (Fsp3) is 0.417. The Bertz CT molecular complexity index is 1090. The van der Waals surface area contributed by atoms with Gasteiger partial charge in [0, 0.05) is 42.8 Å². The maximum absolute atomic E-state index is 13.2. The number of nitrogens with one attached hydrogen (secondary N) is 1. The first-order valence-electron chi connectivity index (χ1n) is 11.1. The number of hydrogen-bond acceptors (Lipinski definition) is 4. The lowest BCUT2D eigenvalue weighted by atomic mass is 10.1. The summed E-state index contributed by atoms with van der Waals surface area (Å²) < 4.78 is 3.48. The minimum Gasteiger partial charge on any atom is -0.330 e. The van der Waals surface area contributed by atoms with Crippen LogP contribution in [0.1, 0.15) is 79.2 Å². The molecule has 0 saturated heterocycles. The zero-order valence-corrected chi connectivity index (χ0v) is 19.0. The Hall–Kier alpha value is -3.42. The first kappa shape index (κ1) is 21.8. The standard InChI is InChI=1S/C24H30N6O2/c1-16(2)29-21(11-13-25-29)23(31)27-19-7-5-18(6-8-19)15-28(20-9-10-20)24(32)22-12-14-26-30(22)17(3)4/h5-8,11-14,16-17,20H,9-10,15H2,1-4H3,(H,27,31). The third kappa shape index (κ3) is 4.59. The number of hydrogen-bond donors (Lipinski definition) is 1. The van der Waals surface area contributed by atoms with Crippen LogP contribution in [0, 0.1) is 0 Å². The van der Waals surface area contributed by atoms with Crippen molar-refractivity contribution in [1.29, 1.82) is 0 Å². The molecule has 0 unspecified atom stereocenters. The van der Waals surface area contributed by atoms with Crippen LogP contribution in [0.25, 0.3) is 0 Å². The summed E-state index contributed by atoms with van der Waals surface area (Å²) >= 11 is 0. The van der Waals surface area contributed by atoms with Crippen molar-refractivity contribution in [3.05, 3.63) is 65.7 Å². The molecule has 8 nitrogen and oxygen atoms in total. The summed E-state index contributed by atoms with van der Waals surface area (Å²) in [6.45, 7) is 8.54. The van der Waals surface area contributed by atoms with Crippen LogP contribution in [0.5, 0.6) is 0 Å². The molecule has 0 atom stereocenters.